The van der Waals surface area contributed by atoms with Gasteiger partial charge in [0.1, 0.15) is 10.6 Å². The Morgan fingerprint density at radius 2 is 1.54 bits per heavy atom. The summed E-state index contributed by atoms with van der Waals surface area (Å²) in [7, 11) is 2.10. The first kappa shape index (κ1) is 17.9. The lowest BCUT2D eigenvalue weighted by atomic mass is 10.2. The van der Waals surface area contributed by atoms with E-state index in [2.05, 4.69) is 0 Å². The highest BCUT2D eigenvalue weighted by Gasteiger charge is 2.23. The second-order valence-electron chi connectivity index (χ2n) is 5.55. The lowest BCUT2D eigenvalue weighted by Crippen LogP contribution is -2.10. The number of fused-ring (bicyclic) bond motifs is 1. The lowest BCUT2D eigenvalue weighted by Gasteiger charge is -2.14. The number of aromatic nitrogens is 1. The van der Waals surface area contributed by atoms with E-state index >= 15 is 0 Å². The molecule has 3 rings (SSSR count). The third kappa shape index (κ3) is 3.15. The first-order valence-electron chi connectivity index (χ1n) is 7.69. The minimum Gasteiger partial charge on any atom is -0.493 e. The SMILES string of the molecule is COc1cc(S(=O)(=O)Oc2ccc3c(ccn3C)c2)cc(OC)c1OC. The van der Waals surface area contributed by atoms with Crippen molar-refractivity contribution in [3.8, 4) is 23.0 Å². The molecule has 138 valence electrons. The molecule has 0 unspecified atom stereocenters. The average Bonchev–Trinajstić information content (AvgIpc) is 3.00. The van der Waals surface area contributed by atoms with Gasteiger partial charge in [0.15, 0.2) is 11.5 Å². The van der Waals surface area contributed by atoms with Crippen LogP contribution in [0.2, 0.25) is 0 Å². The van der Waals surface area contributed by atoms with Crippen LogP contribution >= 0.6 is 0 Å². The molecule has 0 N–H and O–H groups in total. The maximum absolute atomic E-state index is 12.7. The van der Waals surface area contributed by atoms with Crippen LogP contribution in [0.3, 0.4) is 0 Å². The molecule has 0 fully saturated rings. The van der Waals surface area contributed by atoms with Gasteiger partial charge in [-0.25, -0.2) is 0 Å². The summed E-state index contributed by atoms with van der Waals surface area (Å²) < 4.78 is 48.2. The number of benzene rings is 2. The molecule has 0 amide bonds. The molecular formula is C18H19NO6S. The van der Waals surface area contributed by atoms with Crippen molar-refractivity contribution in [3.63, 3.8) is 0 Å². The van der Waals surface area contributed by atoms with Crippen LogP contribution in [0, 0.1) is 0 Å². The summed E-state index contributed by atoms with van der Waals surface area (Å²) in [5.41, 5.74) is 0.975. The minimum absolute atomic E-state index is 0.0971. The molecule has 0 aliphatic heterocycles. The summed E-state index contributed by atoms with van der Waals surface area (Å²) in [5.74, 6) is 0.983. The molecule has 26 heavy (non-hydrogen) atoms. The monoisotopic (exact) mass is 377 g/mol. The third-order valence-corrected chi connectivity index (χ3v) is 5.21. The molecule has 0 saturated heterocycles. The number of hydrogen-bond acceptors (Lipinski definition) is 6. The Bertz CT molecular complexity index is 1030. The summed E-state index contributed by atoms with van der Waals surface area (Å²) >= 11 is 0. The van der Waals surface area contributed by atoms with Crippen LogP contribution in [0.15, 0.2) is 47.5 Å². The van der Waals surface area contributed by atoms with Gasteiger partial charge in [-0.05, 0) is 24.3 Å². The van der Waals surface area contributed by atoms with Crippen molar-refractivity contribution < 1.29 is 26.8 Å². The fraction of sp³-hybridized carbons (Fsp3) is 0.222. The minimum atomic E-state index is -4.09. The van der Waals surface area contributed by atoms with Crippen LogP contribution in [0.25, 0.3) is 10.9 Å². The van der Waals surface area contributed by atoms with Gasteiger partial charge in [0.25, 0.3) is 0 Å². The Labute approximate surface area is 151 Å². The summed E-state index contributed by atoms with van der Waals surface area (Å²) in [6, 6.07) is 9.63. The fourth-order valence-electron chi connectivity index (χ4n) is 2.69. The van der Waals surface area contributed by atoms with E-state index in [0.717, 1.165) is 10.9 Å². The van der Waals surface area contributed by atoms with Crippen molar-refractivity contribution in [2.45, 2.75) is 4.90 Å². The van der Waals surface area contributed by atoms with Crippen LogP contribution < -0.4 is 18.4 Å². The van der Waals surface area contributed by atoms with E-state index in [4.69, 9.17) is 18.4 Å². The smallest absolute Gasteiger partial charge is 0.339 e. The quantitative estimate of drug-likeness (QED) is 0.615. The predicted molar refractivity (Wildman–Crippen MR) is 96.8 cm³/mol. The van der Waals surface area contributed by atoms with Gasteiger partial charge in [0, 0.05) is 36.3 Å². The second kappa shape index (κ2) is 6.80. The van der Waals surface area contributed by atoms with Crippen molar-refractivity contribution in [1.82, 2.24) is 4.57 Å². The van der Waals surface area contributed by atoms with E-state index in [9.17, 15) is 8.42 Å². The Hall–Kier alpha value is -2.87. The van der Waals surface area contributed by atoms with Gasteiger partial charge in [0.2, 0.25) is 5.75 Å². The summed E-state index contributed by atoms with van der Waals surface area (Å²) in [5, 5.41) is 0.880. The van der Waals surface area contributed by atoms with Crippen molar-refractivity contribution in [3.05, 3.63) is 42.6 Å². The molecule has 0 atom stereocenters. The average molecular weight is 377 g/mol. The largest absolute Gasteiger partial charge is 0.493 e. The zero-order chi connectivity index (χ0) is 18.9. The Balaban J connectivity index is 2.01. The number of ether oxygens (including phenoxy) is 3. The fourth-order valence-corrected chi connectivity index (χ4v) is 3.64. The number of aryl methyl sites for hydroxylation is 1. The van der Waals surface area contributed by atoms with E-state index in [1.807, 2.05) is 23.9 Å². The van der Waals surface area contributed by atoms with E-state index in [1.165, 1.54) is 33.5 Å². The van der Waals surface area contributed by atoms with Gasteiger partial charge in [-0.2, -0.15) is 8.42 Å². The van der Waals surface area contributed by atoms with E-state index in [1.54, 1.807) is 18.2 Å². The van der Waals surface area contributed by atoms with Crippen molar-refractivity contribution in [1.29, 1.82) is 0 Å². The Kier molecular flexibility index (Phi) is 4.69. The summed E-state index contributed by atoms with van der Waals surface area (Å²) in [4.78, 5) is -0.0971. The van der Waals surface area contributed by atoms with Crippen LogP contribution in [0.1, 0.15) is 0 Å². The van der Waals surface area contributed by atoms with Crippen molar-refractivity contribution in [2.24, 2.45) is 7.05 Å². The number of hydrogen-bond donors (Lipinski definition) is 0. The van der Waals surface area contributed by atoms with Gasteiger partial charge in [-0.1, -0.05) is 0 Å². The Morgan fingerprint density at radius 1 is 0.885 bits per heavy atom. The predicted octanol–water partition coefficient (Wildman–Crippen LogP) is 2.97. The normalized spacial score (nSPS) is 11.4. The van der Waals surface area contributed by atoms with Crippen LogP contribution in [-0.4, -0.2) is 34.3 Å². The molecule has 0 radical (unpaired) electrons. The van der Waals surface area contributed by atoms with Gasteiger partial charge < -0.3 is 23.0 Å². The molecule has 1 heterocycles. The molecule has 0 aliphatic rings. The van der Waals surface area contributed by atoms with Gasteiger partial charge in [-0.3, -0.25) is 0 Å². The molecule has 0 bridgehead atoms. The first-order valence-corrected chi connectivity index (χ1v) is 9.10. The van der Waals surface area contributed by atoms with Gasteiger partial charge in [0.05, 0.1) is 21.3 Å². The van der Waals surface area contributed by atoms with E-state index < -0.39 is 10.1 Å². The Morgan fingerprint density at radius 3 is 2.12 bits per heavy atom. The van der Waals surface area contributed by atoms with Gasteiger partial charge >= 0.3 is 10.1 Å². The molecular weight excluding hydrogens is 358 g/mol. The number of nitrogens with zero attached hydrogens (tertiary/aromatic N) is 1. The van der Waals surface area contributed by atoms with E-state index in [0.29, 0.717) is 5.75 Å². The number of methoxy groups -OCH3 is 3. The molecule has 0 aliphatic carbocycles. The second-order valence-corrected chi connectivity index (χ2v) is 7.09. The van der Waals surface area contributed by atoms with Gasteiger partial charge in [-0.15, -0.1) is 0 Å². The molecule has 0 spiro atoms. The molecule has 7 nitrogen and oxygen atoms in total. The summed E-state index contributed by atoms with van der Waals surface area (Å²) in [6.07, 6.45) is 1.89. The molecule has 8 heteroatoms. The first-order chi connectivity index (χ1) is 12.4. The van der Waals surface area contributed by atoms with Crippen LogP contribution in [0.4, 0.5) is 0 Å². The third-order valence-electron chi connectivity index (χ3n) is 3.99. The highest BCUT2D eigenvalue weighted by atomic mass is 32.2. The zero-order valence-corrected chi connectivity index (χ0v) is 15.7. The van der Waals surface area contributed by atoms with Crippen LogP contribution in [0.5, 0.6) is 23.0 Å². The zero-order valence-electron chi connectivity index (χ0n) is 14.8. The molecule has 3 aromatic rings. The standard InChI is InChI=1S/C18H19NO6S/c1-19-8-7-12-9-13(5-6-15(12)19)25-26(20,21)14-10-16(22-2)18(24-4)17(11-14)23-3/h5-11H,1-4H3. The van der Waals surface area contributed by atoms with E-state index in [-0.39, 0.29) is 22.1 Å². The van der Waals surface area contributed by atoms with Crippen molar-refractivity contribution >= 4 is 21.0 Å². The highest BCUT2D eigenvalue weighted by molar-refractivity contribution is 7.87. The van der Waals surface area contributed by atoms with Crippen LogP contribution in [-0.2, 0) is 17.2 Å². The maximum atomic E-state index is 12.7. The maximum Gasteiger partial charge on any atom is 0.339 e. The number of rotatable bonds is 6. The molecule has 0 saturated carbocycles. The molecule has 1 aromatic heterocycles. The lowest BCUT2D eigenvalue weighted by molar-refractivity contribution is 0.322. The summed E-state index contributed by atoms with van der Waals surface area (Å²) in [6.45, 7) is 0. The highest BCUT2D eigenvalue weighted by Crippen LogP contribution is 2.40. The molecule has 2 aromatic carbocycles. The topological polar surface area (TPSA) is 76.0 Å². The van der Waals surface area contributed by atoms with Crippen molar-refractivity contribution in [2.75, 3.05) is 21.3 Å².